The number of ether oxygens (including phenoxy) is 1. The first-order valence-electron chi connectivity index (χ1n) is 8.95. The molecule has 0 saturated carbocycles. The average molecular weight is 384 g/mol. The van der Waals surface area contributed by atoms with Crippen LogP contribution in [0.3, 0.4) is 0 Å². The van der Waals surface area contributed by atoms with E-state index < -0.39 is 5.97 Å². The van der Waals surface area contributed by atoms with Gasteiger partial charge in [0.25, 0.3) is 0 Å². The number of aliphatic carboxylic acids is 1. The molecule has 0 radical (unpaired) electrons. The molecule has 1 amide bonds. The molecule has 0 spiro atoms. The number of aromatic nitrogens is 2. The van der Waals surface area contributed by atoms with E-state index in [4.69, 9.17) is 21.4 Å². The summed E-state index contributed by atoms with van der Waals surface area (Å²) < 4.78 is 7.03. The minimum Gasteiger partial charge on any atom is -0.480 e. The van der Waals surface area contributed by atoms with Crippen molar-refractivity contribution in [3.63, 3.8) is 0 Å². The average Bonchev–Trinajstić information content (AvgIpc) is 2.89. The summed E-state index contributed by atoms with van der Waals surface area (Å²) in [5, 5.41) is 14.0. The van der Waals surface area contributed by atoms with Gasteiger partial charge in [0.05, 0.1) is 5.69 Å². The number of carboxylic acid groups (broad SMARTS) is 1. The lowest BCUT2D eigenvalue weighted by molar-refractivity contribution is -0.145. The molecule has 0 bridgehead atoms. The number of carbonyl (C=O) groups is 2. The van der Waals surface area contributed by atoms with Crippen LogP contribution in [-0.4, -0.2) is 57.5 Å². The van der Waals surface area contributed by atoms with Gasteiger partial charge in [0.1, 0.15) is 11.7 Å². The van der Waals surface area contributed by atoms with Crippen LogP contribution in [0.2, 0.25) is 5.15 Å². The zero-order chi connectivity index (χ0) is 19.1. The second kappa shape index (κ2) is 9.73. The number of nitrogens with zero attached hydrogens (tertiary/aromatic N) is 3. The van der Waals surface area contributed by atoms with Crippen LogP contribution >= 0.6 is 11.6 Å². The lowest BCUT2D eigenvalue weighted by Gasteiger charge is -2.32. The Hall–Kier alpha value is -1.86. The smallest absolute Gasteiger partial charge is 0.323 e. The molecule has 1 N–H and O–H groups in total. The summed E-state index contributed by atoms with van der Waals surface area (Å²) in [6.07, 6.45) is 6.30. The van der Waals surface area contributed by atoms with E-state index in [1.165, 1.54) is 11.0 Å². The highest BCUT2D eigenvalue weighted by Crippen LogP contribution is 2.22. The van der Waals surface area contributed by atoms with Crippen LogP contribution in [0.15, 0.2) is 6.08 Å². The molecule has 8 heteroatoms. The Kier molecular flexibility index (Phi) is 7.66. The Morgan fingerprint density at radius 3 is 2.73 bits per heavy atom. The Morgan fingerprint density at radius 2 is 2.12 bits per heavy atom. The summed E-state index contributed by atoms with van der Waals surface area (Å²) in [6, 6.07) is -0.124. The molecular weight excluding hydrogens is 358 g/mol. The number of aryl methyl sites for hydroxylation is 2. The predicted octanol–water partition coefficient (Wildman–Crippen LogP) is 2.75. The molecule has 1 saturated heterocycles. The van der Waals surface area contributed by atoms with Crippen LogP contribution in [0.25, 0.3) is 6.08 Å². The van der Waals surface area contributed by atoms with Crippen molar-refractivity contribution in [1.29, 1.82) is 0 Å². The first-order valence-corrected chi connectivity index (χ1v) is 9.33. The number of unbranched alkanes of at least 4 members (excludes halogenated alkanes) is 1. The molecule has 1 aliphatic rings. The summed E-state index contributed by atoms with van der Waals surface area (Å²) in [7, 11) is 0. The number of hydrogen-bond donors (Lipinski definition) is 1. The first-order chi connectivity index (χ1) is 12.4. The number of carbonyl (C=O) groups excluding carboxylic acids is 1. The zero-order valence-electron chi connectivity index (χ0n) is 15.3. The fraction of sp³-hybridized carbons (Fsp3) is 0.611. The summed E-state index contributed by atoms with van der Waals surface area (Å²) in [6.45, 7) is 5.41. The first kappa shape index (κ1) is 20.5. The van der Waals surface area contributed by atoms with Crippen molar-refractivity contribution in [1.82, 2.24) is 14.7 Å². The molecule has 2 heterocycles. The minimum absolute atomic E-state index is 0.124. The van der Waals surface area contributed by atoms with E-state index in [2.05, 4.69) is 12.0 Å². The van der Waals surface area contributed by atoms with Crippen molar-refractivity contribution < 1.29 is 19.4 Å². The van der Waals surface area contributed by atoms with E-state index in [1.807, 2.05) is 6.92 Å². The third-order valence-corrected chi connectivity index (χ3v) is 4.84. The van der Waals surface area contributed by atoms with E-state index in [9.17, 15) is 9.59 Å². The van der Waals surface area contributed by atoms with Gasteiger partial charge in [-0.2, -0.15) is 5.10 Å². The standard InChI is InChI=1S/C18H26ClN3O4/c1-3-4-9-22-18(19)15(13(2)20-22)5-6-16(23)21(12-17(24)25)14-7-10-26-11-8-14/h5-6,14H,3-4,7-12H2,1-2H3,(H,24,25). The maximum atomic E-state index is 12.6. The maximum absolute atomic E-state index is 12.6. The van der Waals surface area contributed by atoms with Crippen LogP contribution in [-0.2, 0) is 20.9 Å². The Labute approximate surface area is 158 Å². The van der Waals surface area contributed by atoms with Gasteiger partial charge in [0.2, 0.25) is 5.91 Å². The molecule has 1 fully saturated rings. The van der Waals surface area contributed by atoms with Gasteiger partial charge >= 0.3 is 5.97 Å². The zero-order valence-corrected chi connectivity index (χ0v) is 16.0. The van der Waals surface area contributed by atoms with Crippen LogP contribution in [0, 0.1) is 6.92 Å². The number of carboxylic acids is 1. The molecule has 0 aromatic carbocycles. The highest BCUT2D eigenvalue weighted by molar-refractivity contribution is 6.31. The predicted molar refractivity (Wildman–Crippen MR) is 99.1 cm³/mol. The van der Waals surface area contributed by atoms with Gasteiger partial charge in [-0.25, -0.2) is 0 Å². The fourth-order valence-corrected chi connectivity index (χ4v) is 3.31. The summed E-state index contributed by atoms with van der Waals surface area (Å²) in [4.78, 5) is 25.2. The molecular formula is C18H26ClN3O4. The van der Waals surface area contributed by atoms with Crippen LogP contribution in [0.1, 0.15) is 43.9 Å². The van der Waals surface area contributed by atoms with Crippen LogP contribution in [0.5, 0.6) is 0 Å². The van der Waals surface area contributed by atoms with Gasteiger partial charge in [-0.15, -0.1) is 0 Å². The maximum Gasteiger partial charge on any atom is 0.323 e. The lowest BCUT2D eigenvalue weighted by Crippen LogP contribution is -2.45. The number of rotatable bonds is 8. The van der Waals surface area contributed by atoms with Gasteiger partial charge < -0.3 is 14.7 Å². The van der Waals surface area contributed by atoms with E-state index in [0.717, 1.165) is 25.1 Å². The van der Waals surface area contributed by atoms with Crippen molar-refractivity contribution in [2.45, 2.75) is 52.1 Å². The molecule has 0 atom stereocenters. The number of halogens is 1. The topological polar surface area (TPSA) is 84.7 Å². The third-order valence-electron chi connectivity index (χ3n) is 4.45. The molecule has 7 nitrogen and oxygen atoms in total. The fourth-order valence-electron chi connectivity index (χ4n) is 2.99. The van der Waals surface area contributed by atoms with Gasteiger partial charge in [-0.05, 0) is 32.3 Å². The molecule has 1 aliphatic heterocycles. The third kappa shape index (κ3) is 5.32. The van der Waals surface area contributed by atoms with Crippen LogP contribution < -0.4 is 0 Å². The van der Waals surface area contributed by atoms with Gasteiger partial charge in [-0.3, -0.25) is 14.3 Å². The van der Waals surface area contributed by atoms with Gasteiger partial charge in [-0.1, -0.05) is 24.9 Å². The molecule has 1 aromatic rings. The monoisotopic (exact) mass is 383 g/mol. The Morgan fingerprint density at radius 1 is 1.42 bits per heavy atom. The van der Waals surface area contributed by atoms with Crippen molar-refractivity contribution >= 4 is 29.6 Å². The molecule has 2 rings (SSSR count). The van der Waals surface area contributed by atoms with Crippen molar-refractivity contribution in [2.75, 3.05) is 19.8 Å². The quantitative estimate of drug-likeness (QED) is 0.698. The number of amides is 1. The molecule has 0 aliphatic carbocycles. The van der Waals surface area contributed by atoms with E-state index in [-0.39, 0.29) is 18.5 Å². The van der Waals surface area contributed by atoms with E-state index in [0.29, 0.717) is 36.8 Å². The summed E-state index contributed by atoms with van der Waals surface area (Å²) in [5.41, 5.74) is 1.43. The Bertz CT molecular complexity index is 666. The second-order valence-electron chi connectivity index (χ2n) is 6.40. The van der Waals surface area contributed by atoms with E-state index >= 15 is 0 Å². The highest BCUT2D eigenvalue weighted by Gasteiger charge is 2.26. The normalized spacial score (nSPS) is 15.5. The molecule has 1 aromatic heterocycles. The number of hydrogen-bond acceptors (Lipinski definition) is 4. The van der Waals surface area contributed by atoms with Gasteiger partial charge in [0, 0.05) is 37.4 Å². The van der Waals surface area contributed by atoms with Crippen molar-refractivity contribution in [3.8, 4) is 0 Å². The summed E-state index contributed by atoms with van der Waals surface area (Å²) >= 11 is 6.38. The minimum atomic E-state index is -1.03. The SMILES string of the molecule is CCCCn1nc(C)c(C=CC(=O)N(CC(=O)O)C2CCOCC2)c1Cl. The molecule has 144 valence electrons. The second-order valence-corrected chi connectivity index (χ2v) is 6.76. The summed E-state index contributed by atoms with van der Waals surface area (Å²) in [5.74, 6) is -1.36. The largest absolute Gasteiger partial charge is 0.480 e. The lowest BCUT2D eigenvalue weighted by atomic mass is 10.1. The van der Waals surface area contributed by atoms with Crippen LogP contribution in [0.4, 0.5) is 0 Å². The Balaban J connectivity index is 2.14. The van der Waals surface area contributed by atoms with Crippen molar-refractivity contribution in [3.05, 3.63) is 22.5 Å². The van der Waals surface area contributed by atoms with Gasteiger partial charge in [0.15, 0.2) is 0 Å². The molecule has 26 heavy (non-hydrogen) atoms. The van der Waals surface area contributed by atoms with E-state index in [1.54, 1.807) is 10.8 Å². The molecule has 0 unspecified atom stereocenters. The van der Waals surface area contributed by atoms with Crippen molar-refractivity contribution in [2.24, 2.45) is 0 Å². The highest BCUT2D eigenvalue weighted by atomic mass is 35.5.